The van der Waals surface area contributed by atoms with Crippen LogP contribution >= 0.6 is 11.8 Å². The van der Waals surface area contributed by atoms with E-state index in [4.69, 9.17) is 5.73 Å². The number of aliphatic carboxylic acids is 1. The number of hydrogen-bond donors (Lipinski definition) is 2. The van der Waals surface area contributed by atoms with Crippen molar-refractivity contribution in [3.63, 3.8) is 0 Å². The average Bonchev–Trinajstić information content (AvgIpc) is 2.82. The number of amides is 2. The van der Waals surface area contributed by atoms with Gasteiger partial charge in [0, 0.05) is 10.5 Å². The number of carboxylic acid groups (broad SMARTS) is 1. The van der Waals surface area contributed by atoms with Crippen molar-refractivity contribution in [3.05, 3.63) is 41.1 Å². The molecule has 3 rings (SSSR count). The van der Waals surface area contributed by atoms with E-state index in [0.29, 0.717) is 16.0 Å². The van der Waals surface area contributed by atoms with Crippen molar-refractivity contribution in [3.8, 4) is 0 Å². The monoisotopic (exact) mass is 372 g/mol. The molecule has 3 atom stereocenters. The Morgan fingerprint density at radius 2 is 1.92 bits per heavy atom. The second-order valence-electron chi connectivity index (χ2n) is 5.39. The molecule has 3 N–H and O–H groups in total. The van der Waals surface area contributed by atoms with Gasteiger partial charge >= 0.3 is 51.4 Å². The van der Waals surface area contributed by atoms with Gasteiger partial charge in [-0.15, -0.1) is 0 Å². The molecule has 1 aromatic carbocycles. The first kappa shape index (κ1) is 19.6. The van der Waals surface area contributed by atoms with E-state index in [1.54, 1.807) is 12.1 Å². The summed E-state index contributed by atoms with van der Waals surface area (Å²) in [5.74, 6) is -3.11. The fraction of sp³-hybridized carbons (Fsp3) is 0.267. The molecule has 2 aliphatic heterocycles. The number of fused-ring (bicyclic) bond motifs is 1. The molecule has 0 radical (unpaired) electrons. The van der Waals surface area contributed by atoms with Crippen LogP contribution in [0.1, 0.15) is 22.8 Å². The molecule has 2 aliphatic rings. The molecule has 0 aromatic heterocycles. The number of nitrogens with two attached hydrogens (primary N) is 1. The molecule has 2 heterocycles. The van der Waals surface area contributed by atoms with Crippen LogP contribution in [0.3, 0.4) is 0 Å². The molecule has 0 spiro atoms. The zero-order valence-corrected chi connectivity index (χ0v) is 17.0. The number of hydrogen-bond acceptors (Lipinski definition) is 6. The van der Waals surface area contributed by atoms with Crippen LogP contribution in [0.25, 0.3) is 4.91 Å². The summed E-state index contributed by atoms with van der Waals surface area (Å²) in [6.45, 7) is 1.50. The summed E-state index contributed by atoms with van der Waals surface area (Å²) < 4.78 is 0. The van der Waals surface area contributed by atoms with Crippen molar-refractivity contribution in [1.29, 1.82) is 0 Å². The minimum Gasteiger partial charge on any atom is -0.543 e. The molecule has 0 aliphatic carbocycles. The first-order valence-electron chi connectivity index (χ1n) is 6.86. The van der Waals surface area contributed by atoms with Crippen molar-refractivity contribution in [2.45, 2.75) is 18.4 Å². The Hall–Kier alpha value is -0.684. The Kier molecular flexibility index (Phi) is 5.96. The van der Waals surface area contributed by atoms with Crippen LogP contribution in [0.4, 0.5) is 0 Å². The standard InChI is InChI=1S/C15H14N2O5S.K/c1-6(18)9-13(20)17-10(15(21)22)11(23-14(9)17)7-2-4-8(5-3-7)12(16)19;/h2-6,9,14,18H,1H3,(H2,16,19)(H,21,22);/q;+1/p-1/t6-,9+,14-;/m1./s1. The summed E-state index contributed by atoms with van der Waals surface area (Å²) in [7, 11) is 0. The first-order chi connectivity index (χ1) is 10.8. The predicted molar refractivity (Wildman–Crippen MR) is 80.3 cm³/mol. The van der Waals surface area contributed by atoms with E-state index in [9.17, 15) is 24.6 Å². The van der Waals surface area contributed by atoms with Gasteiger partial charge in [0.05, 0.1) is 23.7 Å². The van der Waals surface area contributed by atoms with E-state index in [1.165, 1.54) is 30.8 Å². The fourth-order valence-corrected chi connectivity index (χ4v) is 4.37. The van der Waals surface area contributed by atoms with Gasteiger partial charge in [-0.1, -0.05) is 23.9 Å². The Morgan fingerprint density at radius 1 is 1.33 bits per heavy atom. The van der Waals surface area contributed by atoms with Crippen LogP contribution < -0.4 is 62.2 Å². The molecule has 1 fully saturated rings. The van der Waals surface area contributed by atoms with Crippen LogP contribution in [0.5, 0.6) is 0 Å². The van der Waals surface area contributed by atoms with Gasteiger partial charge in [0.2, 0.25) is 11.8 Å². The number of aliphatic hydroxyl groups excluding tert-OH is 1. The van der Waals surface area contributed by atoms with Crippen molar-refractivity contribution < 1.29 is 76.0 Å². The number of carbonyl (C=O) groups excluding carboxylic acids is 3. The van der Waals surface area contributed by atoms with E-state index in [1.807, 2.05) is 0 Å². The Bertz CT molecular complexity index is 747. The van der Waals surface area contributed by atoms with Gasteiger partial charge in [-0.2, -0.15) is 0 Å². The normalized spacial score (nSPS) is 23.2. The van der Waals surface area contributed by atoms with Crippen LogP contribution in [0, 0.1) is 5.92 Å². The Morgan fingerprint density at radius 3 is 2.38 bits per heavy atom. The number of rotatable bonds is 4. The Balaban J connectivity index is 0.00000208. The molecule has 7 nitrogen and oxygen atoms in total. The summed E-state index contributed by atoms with van der Waals surface area (Å²) in [6, 6.07) is 6.11. The molecule has 0 unspecified atom stereocenters. The second kappa shape index (κ2) is 7.28. The number of thioether (sulfide) groups is 1. The van der Waals surface area contributed by atoms with E-state index in [-0.39, 0.29) is 57.1 Å². The molecule has 1 aromatic rings. The maximum atomic E-state index is 12.1. The summed E-state index contributed by atoms with van der Waals surface area (Å²) in [6.07, 6.45) is -0.865. The molecule has 9 heteroatoms. The van der Waals surface area contributed by atoms with Gasteiger partial charge in [-0.25, -0.2) is 0 Å². The van der Waals surface area contributed by atoms with Gasteiger partial charge < -0.3 is 20.7 Å². The predicted octanol–water partition coefficient (Wildman–Crippen LogP) is -3.88. The van der Waals surface area contributed by atoms with Crippen molar-refractivity contribution in [2.75, 3.05) is 0 Å². The van der Waals surface area contributed by atoms with Crippen molar-refractivity contribution in [2.24, 2.45) is 11.7 Å². The van der Waals surface area contributed by atoms with E-state index in [0.717, 1.165) is 4.90 Å². The third-order valence-corrected chi connectivity index (χ3v) is 5.33. The van der Waals surface area contributed by atoms with Crippen LogP contribution in [0.2, 0.25) is 0 Å². The third kappa shape index (κ3) is 3.10. The summed E-state index contributed by atoms with van der Waals surface area (Å²) in [4.78, 5) is 36.2. The van der Waals surface area contributed by atoms with Crippen LogP contribution in [-0.4, -0.2) is 39.3 Å². The number of carbonyl (C=O) groups is 3. The van der Waals surface area contributed by atoms with Gasteiger partial charge in [0.1, 0.15) is 5.37 Å². The molecular formula is C15H13KN2O5S. The fourth-order valence-electron chi connectivity index (χ4n) is 2.76. The summed E-state index contributed by atoms with van der Waals surface area (Å²) >= 11 is 1.19. The molecular weight excluding hydrogens is 359 g/mol. The number of nitrogens with zero attached hydrogens (tertiary/aromatic N) is 1. The minimum absolute atomic E-state index is 0. The number of β-lactam (4-membered cyclic amide) rings is 1. The molecule has 0 bridgehead atoms. The van der Waals surface area contributed by atoms with E-state index < -0.39 is 35.2 Å². The maximum absolute atomic E-state index is 12.1. The number of primary amides is 1. The first-order valence-corrected chi connectivity index (χ1v) is 7.74. The average molecular weight is 372 g/mol. The van der Waals surface area contributed by atoms with Gasteiger partial charge in [0.15, 0.2) is 0 Å². The van der Waals surface area contributed by atoms with E-state index >= 15 is 0 Å². The maximum Gasteiger partial charge on any atom is 1.00 e. The van der Waals surface area contributed by atoms with Gasteiger partial charge in [-0.3, -0.25) is 14.5 Å². The summed E-state index contributed by atoms with van der Waals surface area (Å²) in [5.41, 5.74) is 5.82. The van der Waals surface area contributed by atoms with Crippen molar-refractivity contribution in [1.82, 2.24) is 4.90 Å². The Labute approximate surface area is 184 Å². The molecule has 1 saturated heterocycles. The van der Waals surface area contributed by atoms with E-state index in [2.05, 4.69) is 0 Å². The zero-order chi connectivity index (χ0) is 16.9. The topological polar surface area (TPSA) is 124 Å². The van der Waals surface area contributed by atoms with Crippen molar-refractivity contribution >= 4 is 34.5 Å². The number of aliphatic hydroxyl groups is 1. The number of benzene rings is 1. The van der Waals surface area contributed by atoms with Gasteiger partial charge in [0.25, 0.3) is 0 Å². The minimum atomic E-state index is -1.45. The second-order valence-corrected chi connectivity index (χ2v) is 6.52. The van der Waals surface area contributed by atoms with Crippen LogP contribution in [-0.2, 0) is 9.59 Å². The SMILES string of the molecule is C[C@@H](O)[C@H]1C(=O)N2C(C(=O)[O-])=C(c3ccc(C(N)=O)cc3)S[C@H]12.[K+]. The molecule has 2 amide bonds. The van der Waals surface area contributed by atoms with Gasteiger partial charge in [-0.05, 0) is 24.6 Å². The van der Waals surface area contributed by atoms with Crippen LogP contribution in [0.15, 0.2) is 30.0 Å². The molecule has 24 heavy (non-hydrogen) atoms. The number of carboxylic acids is 1. The molecule has 120 valence electrons. The third-order valence-electron chi connectivity index (χ3n) is 3.92. The smallest absolute Gasteiger partial charge is 0.543 e. The zero-order valence-electron chi connectivity index (χ0n) is 13.1. The molecule has 0 saturated carbocycles. The largest absolute Gasteiger partial charge is 1.00 e. The quantitative estimate of drug-likeness (QED) is 0.412. The summed E-state index contributed by atoms with van der Waals surface area (Å²) in [5, 5.41) is 20.7.